The molecule has 0 spiro atoms. The van der Waals surface area contributed by atoms with Crippen LogP contribution in [0.15, 0.2) is 81.9 Å². The van der Waals surface area contributed by atoms with Crippen LogP contribution in [-0.2, 0) is 11.4 Å². The molecule has 6 aromatic rings. The number of hydrogen-bond donors (Lipinski definition) is 0. The van der Waals surface area contributed by atoms with Gasteiger partial charge in [0.05, 0.1) is 30.2 Å². The van der Waals surface area contributed by atoms with Gasteiger partial charge in [-0.15, -0.1) is 16.4 Å². The molecule has 2 aromatic carbocycles. The topological polar surface area (TPSA) is 96.3 Å². The van der Waals surface area contributed by atoms with Crippen LogP contribution in [0.1, 0.15) is 17.6 Å². The third-order valence-electron chi connectivity index (χ3n) is 6.08. The summed E-state index contributed by atoms with van der Waals surface area (Å²) in [5.41, 5.74) is 4.55. The number of benzene rings is 2. The third-order valence-corrected chi connectivity index (χ3v) is 7.06. The number of furan rings is 1. The Morgan fingerprint density at radius 1 is 0.974 bits per heavy atom. The highest BCUT2D eigenvalue weighted by Gasteiger charge is 2.23. The summed E-state index contributed by atoms with van der Waals surface area (Å²) >= 11 is 1.61. The second-order valence-electron chi connectivity index (χ2n) is 8.41. The van der Waals surface area contributed by atoms with Gasteiger partial charge in [-0.05, 0) is 60.3 Å². The molecule has 0 aliphatic heterocycles. The molecule has 0 radical (unpaired) electrons. The van der Waals surface area contributed by atoms with Gasteiger partial charge < -0.3 is 18.7 Å². The van der Waals surface area contributed by atoms with Crippen LogP contribution in [-0.4, -0.2) is 39.5 Å². The van der Waals surface area contributed by atoms with Crippen LogP contribution >= 0.6 is 11.3 Å². The molecule has 0 atom stereocenters. The van der Waals surface area contributed by atoms with Crippen LogP contribution in [0.3, 0.4) is 0 Å². The van der Waals surface area contributed by atoms with Crippen LogP contribution in [0, 0.1) is 0 Å². The lowest BCUT2D eigenvalue weighted by atomic mass is 9.99. The van der Waals surface area contributed by atoms with Gasteiger partial charge >= 0.3 is 0 Å². The molecule has 0 fully saturated rings. The number of fused-ring (bicyclic) bond motifs is 3. The van der Waals surface area contributed by atoms with E-state index in [1.807, 2.05) is 73.0 Å². The monoisotopic (exact) mass is 525 g/mol. The zero-order chi connectivity index (χ0) is 26.1. The molecule has 4 aromatic heterocycles. The van der Waals surface area contributed by atoms with Crippen LogP contribution in [0.5, 0.6) is 11.5 Å². The standard InChI is InChI=1S/C28H23N5O4S/c1-17(22-5-4-14-38-22)32-36-15-23-30-27-25-24(18-6-10-20(34-2)11-7-18)26(19-8-12-21(35-3)13-9-19)37-28(25)29-16-33(27)31-23/h4-14,16H,15H2,1-3H3. The van der Waals surface area contributed by atoms with Gasteiger partial charge in [-0.1, -0.05) is 23.4 Å². The predicted octanol–water partition coefficient (Wildman–Crippen LogP) is 6.22. The lowest BCUT2D eigenvalue weighted by Crippen LogP contribution is -1.96. The van der Waals surface area contributed by atoms with Gasteiger partial charge in [0, 0.05) is 11.1 Å². The number of nitrogens with zero attached hydrogens (tertiary/aromatic N) is 5. The zero-order valence-corrected chi connectivity index (χ0v) is 21.7. The Hall–Kier alpha value is -4.70. The van der Waals surface area contributed by atoms with E-state index in [4.69, 9.17) is 23.7 Å². The first-order valence-electron chi connectivity index (χ1n) is 11.8. The lowest BCUT2D eigenvalue weighted by Gasteiger charge is -2.06. The molecular formula is C28H23N5O4S. The Balaban J connectivity index is 1.45. The summed E-state index contributed by atoms with van der Waals surface area (Å²) in [6.07, 6.45) is 1.59. The van der Waals surface area contributed by atoms with Crippen molar-refractivity contribution in [2.45, 2.75) is 13.5 Å². The molecule has 6 rings (SSSR count). The molecule has 0 saturated carbocycles. The van der Waals surface area contributed by atoms with Crippen molar-refractivity contribution in [3.05, 3.63) is 83.1 Å². The summed E-state index contributed by atoms with van der Waals surface area (Å²) in [5, 5.41) is 11.5. The maximum absolute atomic E-state index is 6.32. The minimum absolute atomic E-state index is 0.118. The number of ether oxygens (including phenoxy) is 2. The molecule has 0 N–H and O–H groups in total. The summed E-state index contributed by atoms with van der Waals surface area (Å²) in [4.78, 5) is 15.9. The Morgan fingerprint density at radius 2 is 1.68 bits per heavy atom. The molecule has 38 heavy (non-hydrogen) atoms. The van der Waals surface area contributed by atoms with Crippen molar-refractivity contribution in [2.75, 3.05) is 14.2 Å². The van der Waals surface area contributed by atoms with Crippen molar-refractivity contribution in [2.24, 2.45) is 5.16 Å². The molecule has 0 unspecified atom stereocenters. The molecule has 9 nitrogen and oxygen atoms in total. The smallest absolute Gasteiger partial charge is 0.232 e. The van der Waals surface area contributed by atoms with E-state index in [-0.39, 0.29) is 6.61 Å². The minimum Gasteiger partial charge on any atom is -0.497 e. The number of methoxy groups -OCH3 is 2. The van der Waals surface area contributed by atoms with Gasteiger partial charge in [0.25, 0.3) is 0 Å². The normalized spacial score (nSPS) is 11.8. The van der Waals surface area contributed by atoms with Crippen molar-refractivity contribution >= 4 is 33.8 Å². The third kappa shape index (κ3) is 4.35. The summed E-state index contributed by atoms with van der Waals surface area (Å²) < 4.78 is 18.7. The van der Waals surface area contributed by atoms with E-state index in [0.717, 1.165) is 44.2 Å². The summed E-state index contributed by atoms with van der Waals surface area (Å²) in [6.45, 7) is 2.02. The molecule has 4 heterocycles. The summed E-state index contributed by atoms with van der Waals surface area (Å²) in [7, 11) is 3.28. The molecule has 0 aliphatic rings. The Morgan fingerprint density at radius 3 is 2.34 bits per heavy atom. The molecule has 10 heteroatoms. The van der Waals surface area contributed by atoms with Crippen molar-refractivity contribution in [3.8, 4) is 33.9 Å². The van der Waals surface area contributed by atoms with Crippen LogP contribution < -0.4 is 9.47 Å². The summed E-state index contributed by atoms with van der Waals surface area (Å²) in [6, 6.07) is 19.5. The summed E-state index contributed by atoms with van der Waals surface area (Å²) in [5.74, 6) is 2.67. The molecule has 190 valence electrons. The fraction of sp³-hybridized carbons (Fsp3) is 0.143. The fourth-order valence-electron chi connectivity index (χ4n) is 4.20. The van der Waals surface area contributed by atoms with Crippen molar-refractivity contribution < 1.29 is 18.7 Å². The lowest BCUT2D eigenvalue weighted by molar-refractivity contribution is 0.125. The van der Waals surface area contributed by atoms with Crippen molar-refractivity contribution in [1.29, 1.82) is 0 Å². The Kier molecular flexibility index (Phi) is 6.22. The van der Waals surface area contributed by atoms with Gasteiger partial charge in [-0.25, -0.2) is 14.5 Å². The van der Waals surface area contributed by atoms with E-state index in [1.165, 1.54) is 0 Å². The van der Waals surface area contributed by atoms with E-state index >= 15 is 0 Å². The van der Waals surface area contributed by atoms with Crippen molar-refractivity contribution in [1.82, 2.24) is 19.6 Å². The number of thiophene rings is 1. The number of oxime groups is 1. The van der Waals surface area contributed by atoms with Gasteiger partial charge in [0.1, 0.15) is 23.6 Å². The van der Waals surface area contributed by atoms with Gasteiger partial charge in [-0.3, -0.25) is 0 Å². The molecular weight excluding hydrogens is 502 g/mol. The Bertz CT molecular complexity index is 1740. The molecule has 0 bridgehead atoms. The Labute approximate surface area is 221 Å². The van der Waals surface area contributed by atoms with Gasteiger partial charge in [0.2, 0.25) is 5.71 Å². The quantitative estimate of drug-likeness (QED) is 0.172. The van der Waals surface area contributed by atoms with E-state index < -0.39 is 0 Å². The van der Waals surface area contributed by atoms with Crippen molar-refractivity contribution in [3.63, 3.8) is 0 Å². The van der Waals surface area contributed by atoms with Gasteiger partial charge in [0.15, 0.2) is 18.1 Å². The number of hydrogen-bond acceptors (Lipinski definition) is 9. The average Bonchev–Trinajstić information content (AvgIpc) is 3.71. The number of rotatable bonds is 8. The first-order chi connectivity index (χ1) is 18.6. The molecule has 0 amide bonds. The highest BCUT2D eigenvalue weighted by Crippen LogP contribution is 2.42. The zero-order valence-electron chi connectivity index (χ0n) is 20.9. The van der Waals surface area contributed by atoms with Crippen LogP contribution in [0.25, 0.3) is 39.2 Å². The van der Waals surface area contributed by atoms with Gasteiger partial charge in [-0.2, -0.15) is 0 Å². The molecule has 0 saturated heterocycles. The highest BCUT2D eigenvalue weighted by molar-refractivity contribution is 7.12. The molecule has 0 aliphatic carbocycles. The largest absolute Gasteiger partial charge is 0.497 e. The van der Waals surface area contributed by atoms with E-state index in [2.05, 4.69) is 15.2 Å². The highest BCUT2D eigenvalue weighted by atomic mass is 32.1. The second-order valence-corrected chi connectivity index (χ2v) is 9.36. The maximum atomic E-state index is 6.32. The first kappa shape index (κ1) is 23.7. The van der Waals surface area contributed by atoms with E-state index in [0.29, 0.717) is 22.9 Å². The maximum Gasteiger partial charge on any atom is 0.232 e. The predicted molar refractivity (Wildman–Crippen MR) is 146 cm³/mol. The fourth-order valence-corrected chi connectivity index (χ4v) is 4.87. The van der Waals surface area contributed by atoms with Crippen LogP contribution in [0.2, 0.25) is 0 Å². The SMILES string of the molecule is COc1ccc(-c2oc3ncn4nc(CON=C(C)c5cccs5)nc4c3c2-c2ccc(OC)cc2)cc1. The first-order valence-corrected chi connectivity index (χ1v) is 12.7. The second kappa shape index (κ2) is 9.98. The van der Waals surface area contributed by atoms with E-state index in [1.54, 1.807) is 36.4 Å². The average molecular weight is 526 g/mol. The minimum atomic E-state index is 0.118. The number of aromatic nitrogens is 4. The van der Waals surface area contributed by atoms with Crippen LogP contribution in [0.4, 0.5) is 0 Å². The van der Waals surface area contributed by atoms with E-state index in [9.17, 15) is 0 Å².